The van der Waals surface area contributed by atoms with E-state index in [1.54, 1.807) is 6.07 Å². The van der Waals surface area contributed by atoms with Crippen LogP contribution in [0.5, 0.6) is 5.88 Å². The maximum Gasteiger partial charge on any atom is 0.260 e. The monoisotopic (exact) mass is 608 g/mol. The number of methoxy groups -OCH3 is 1. The predicted octanol–water partition coefficient (Wildman–Crippen LogP) is 2.55. The van der Waals surface area contributed by atoms with Crippen LogP contribution in [0.15, 0.2) is 24.7 Å². The number of hydrogen-bond donors (Lipinski definition) is 2. The van der Waals surface area contributed by atoms with Crippen LogP contribution in [-0.2, 0) is 11.3 Å². The molecule has 0 aromatic carbocycles. The molecule has 3 fully saturated rings. The number of nitrogens with zero attached hydrogens (tertiary/aromatic N) is 6. The van der Waals surface area contributed by atoms with Crippen molar-refractivity contribution in [1.29, 1.82) is 0 Å². The minimum Gasteiger partial charge on any atom is -0.480 e. The number of carbonyl (C=O) groups is 2. The molecule has 2 aliphatic heterocycles. The summed E-state index contributed by atoms with van der Waals surface area (Å²) >= 11 is 0. The molecule has 3 aliphatic rings. The number of anilines is 1. The Bertz CT molecular complexity index is 1570. The minimum absolute atomic E-state index is 0.0394. The molecule has 3 aromatic heterocycles. The van der Waals surface area contributed by atoms with Gasteiger partial charge in [0.1, 0.15) is 29.5 Å². The number of hydrogen-bond acceptors (Lipinski definition) is 8. The molecular formula is C27H29F5N8O3. The molecule has 0 spiro atoms. The Kier molecular flexibility index (Phi) is 7.13. The summed E-state index contributed by atoms with van der Waals surface area (Å²) in [6.07, 6.45) is -0.0181. The minimum atomic E-state index is -3.08. The standard InChI is InChI=1S/C27H29F5N8O3/c1-43-24-16(23(41)37-19-12-39(11-18(19)28)25(42)17-8-27(17,31)32)6-14(9-34-24)20-7-15(21-22(33)35-13-36-40(20)21)10-38-4-2-26(29,30)3-5-38/h6-7,9,13,17-19H,2-5,8,10-12H2,1H3,(H,37,41)(H2,33,35,36)/t17-,18+,19-/m1/s1. The van der Waals surface area contributed by atoms with Crippen LogP contribution >= 0.6 is 0 Å². The summed E-state index contributed by atoms with van der Waals surface area (Å²) in [7, 11) is 1.31. The van der Waals surface area contributed by atoms with Crippen LogP contribution in [0, 0.1) is 5.92 Å². The van der Waals surface area contributed by atoms with E-state index in [1.165, 1.54) is 30.2 Å². The normalized spacial score (nSPS) is 24.7. The van der Waals surface area contributed by atoms with E-state index in [9.17, 15) is 31.5 Å². The number of piperidine rings is 1. The fraction of sp³-hybridized carbons (Fsp3) is 0.519. The number of ether oxygens (including phenoxy) is 1. The number of likely N-dealkylation sites (tertiary alicyclic amines) is 2. The molecule has 6 rings (SSSR count). The number of rotatable bonds is 7. The Balaban J connectivity index is 1.25. The predicted molar refractivity (Wildman–Crippen MR) is 142 cm³/mol. The third-order valence-corrected chi connectivity index (χ3v) is 8.23. The first-order valence-electron chi connectivity index (χ1n) is 13.7. The van der Waals surface area contributed by atoms with Crippen LogP contribution in [0.3, 0.4) is 0 Å². The lowest BCUT2D eigenvalue weighted by atomic mass is 10.1. The van der Waals surface area contributed by atoms with Gasteiger partial charge in [-0.15, -0.1) is 0 Å². The lowest BCUT2D eigenvalue weighted by molar-refractivity contribution is -0.134. The average Bonchev–Trinajstić information content (AvgIpc) is 3.25. The van der Waals surface area contributed by atoms with Crippen molar-refractivity contribution in [3.05, 3.63) is 35.8 Å². The van der Waals surface area contributed by atoms with Crippen LogP contribution in [-0.4, -0.2) is 98.5 Å². The Labute approximate surface area is 242 Å². The largest absolute Gasteiger partial charge is 0.480 e. The van der Waals surface area contributed by atoms with E-state index in [2.05, 4.69) is 20.4 Å². The fourth-order valence-corrected chi connectivity index (χ4v) is 5.70. The maximum absolute atomic E-state index is 14.8. The van der Waals surface area contributed by atoms with E-state index in [0.717, 1.165) is 4.90 Å². The summed E-state index contributed by atoms with van der Waals surface area (Å²) in [6, 6.07) is 2.12. The molecule has 1 aliphatic carbocycles. The molecule has 3 atom stereocenters. The smallest absolute Gasteiger partial charge is 0.260 e. The summed E-state index contributed by atoms with van der Waals surface area (Å²) in [4.78, 5) is 36.9. The van der Waals surface area contributed by atoms with E-state index in [-0.39, 0.29) is 49.7 Å². The third-order valence-electron chi connectivity index (χ3n) is 8.23. The van der Waals surface area contributed by atoms with Gasteiger partial charge in [0.2, 0.25) is 11.8 Å². The molecule has 5 heterocycles. The van der Waals surface area contributed by atoms with Crippen molar-refractivity contribution < 1.29 is 36.3 Å². The number of amides is 2. The van der Waals surface area contributed by atoms with Crippen molar-refractivity contribution in [2.24, 2.45) is 5.92 Å². The second-order valence-corrected chi connectivity index (χ2v) is 11.2. The van der Waals surface area contributed by atoms with E-state index in [1.807, 2.05) is 4.90 Å². The molecule has 3 aromatic rings. The molecule has 0 bridgehead atoms. The number of halogens is 5. The molecular weight excluding hydrogens is 579 g/mol. The highest BCUT2D eigenvalue weighted by Crippen LogP contribution is 2.49. The topological polar surface area (TPSA) is 131 Å². The van der Waals surface area contributed by atoms with Crippen molar-refractivity contribution >= 4 is 23.1 Å². The number of pyridine rings is 1. The van der Waals surface area contributed by atoms with Crippen LogP contribution in [0.4, 0.5) is 27.8 Å². The summed E-state index contributed by atoms with van der Waals surface area (Å²) < 4.78 is 75.8. The molecule has 43 heavy (non-hydrogen) atoms. The Hall–Kier alpha value is -4.08. The summed E-state index contributed by atoms with van der Waals surface area (Å²) in [6.45, 7) is 0.0598. The van der Waals surface area contributed by atoms with Crippen LogP contribution < -0.4 is 15.8 Å². The zero-order valence-electron chi connectivity index (χ0n) is 23.1. The zero-order chi connectivity index (χ0) is 30.7. The van der Waals surface area contributed by atoms with Gasteiger partial charge >= 0.3 is 0 Å². The number of carbonyl (C=O) groups excluding carboxylic acids is 2. The molecule has 16 heteroatoms. The molecule has 11 nitrogen and oxygen atoms in total. The summed E-state index contributed by atoms with van der Waals surface area (Å²) in [5.41, 5.74) is 8.22. The van der Waals surface area contributed by atoms with Gasteiger partial charge in [-0.2, -0.15) is 5.10 Å². The maximum atomic E-state index is 14.8. The van der Waals surface area contributed by atoms with E-state index >= 15 is 0 Å². The highest BCUT2D eigenvalue weighted by atomic mass is 19.3. The second-order valence-electron chi connectivity index (χ2n) is 11.2. The highest BCUT2D eigenvalue weighted by Gasteiger charge is 2.63. The first kappa shape index (κ1) is 29.0. The molecule has 230 valence electrons. The van der Waals surface area contributed by atoms with Gasteiger partial charge < -0.3 is 20.7 Å². The van der Waals surface area contributed by atoms with Gasteiger partial charge in [0.15, 0.2) is 5.82 Å². The lowest BCUT2D eigenvalue weighted by Crippen LogP contribution is -2.42. The van der Waals surface area contributed by atoms with Crippen molar-refractivity contribution in [3.63, 3.8) is 0 Å². The van der Waals surface area contributed by atoms with E-state index in [4.69, 9.17) is 10.5 Å². The second kappa shape index (κ2) is 10.6. The molecule has 2 saturated heterocycles. The van der Waals surface area contributed by atoms with Crippen LogP contribution in [0.1, 0.15) is 35.2 Å². The van der Waals surface area contributed by atoms with Crippen molar-refractivity contribution in [3.8, 4) is 17.1 Å². The van der Waals surface area contributed by atoms with Gasteiger partial charge in [-0.25, -0.2) is 36.4 Å². The summed E-state index contributed by atoms with van der Waals surface area (Å²) in [5.74, 6) is -8.68. The van der Waals surface area contributed by atoms with Gasteiger partial charge in [0, 0.05) is 57.2 Å². The molecule has 0 radical (unpaired) electrons. The first-order valence-corrected chi connectivity index (χ1v) is 13.7. The van der Waals surface area contributed by atoms with Gasteiger partial charge in [0.05, 0.1) is 25.4 Å². The Morgan fingerprint density at radius 1 is 1.14 bits per heavy atom. The van der Waals surface area contributed by atoms with Gasteiger partial charge in [-0.05, 0) is 17.7 Å². The SMILES string of the molecule is COc1ncc(-c2cc(CN3CCC(F)(F)CC3)c3c(N)ncnn23)cc1C(=O)N[C@@H]1CN(C(=O)[C@H]2CC2(F)F)C[C@@H]1F. The van der Waals surface area contributed by atoms with Crippen molar-refractivity contribution in [1.82, 2.24) is 34.7 Å². The van der Waals surface area contributed by atoms with E-state index < -0.39 is 54.8 Å². The molecule has 3 N–H and O–H groups in total. The zero-order valence-corrected chi connectivity index (χ0v) is 23.1. The van der Waals surface area contributed by atoms with Gasteiger partial charge in [-0.1, -0.05) is 0 Å². The van der Waals surface area contributed by atoms with Crippen molar-refractivity contribution in [2.75, 3.05) is 39.0 Å². The Morgan fingerprint density at radius 3 is 2.53 bits per heavy atom. The fourth-order valence-electron chi connectivity index (χ4n) is 5.70. The molecule has 0 unspecified atom stereocenters. The quantitative estimate of drug-likeness (QED) is 0.392. The van der Waals surface area contributed by atoms with Gasteiger partial charge in [-0.3, -0.25) is 14.5 Å². The number of nitrogen functional groups attached to an aromatic ring is 1. The van der Waals surface area contributed by atoms with E-state index in [0.29, 0.717) is 28.9 Å². The van der Waals surface area contributed by atoms with Crippen molar-refractivity contribution in [2.45, 2.75) is 49.9 Å². The first-order chi connectivity index (χ1) is 20.4. The highest BCUT2D eigenvalue weighted by molar-refractivity contribution is 5.98. The number of fused-ring (bicyclic) bond motifs is 1. The van der Waals surface area contributed by atoms with Crippen LogP contribution in [0.2, 0.25) is 0 Å². The third kappa shape index (κ3) is 5.55. The van der Waals surface area contributed by atoms with Gasteiger partial charge in [0.25, 0.3) is 17.8 Å². The number of nitrogens with one attached hydrogen (secondary N) is 1. The number of nitrogens with two attached hydrogens (primary N) is 1. The molecule has 1 saturated carbocycles. The Morgan fingerprint density at radius 2 is 1.86 bits per heavy atom. The lowest BCUT2D eigenvalue weighted by Gasteiger charge is -2.31. The number of alkyl halides is 5. The summed E-state index contributed by atoms with van der Waals surface area (Å²) in [5, 5.41) is 6.85. The molecule has 2 amide bonds. The average molecular weight is 609 g/mol. The number of aromatic nitrogens is 4. The van der Waals surface area contributed by atoms with Crippen LogP contribution in [0.25, 0.3) is 16.8 Å².